The third-order valence-electron chi connectivity index (χ3n) is 9.48. The topological polar surface area (TPSA) is 142 Å². The van der Waals surface area contributed by atoms with Gasteiger partial charge in [0.05, 0.1) is 29.3 Å². The molecular formula is C32H39N5O6S. The SMILES string of the molecule is COc1cc2nc(C)nc(N[C@H](C)c3cccc4c3CCS4(=O)=O)c2cc1C1CCC(C(=O)N2CCN(C(=O)O)CC2)CC1. The van der Waals surface area contributed by atoms with Crippen LogP contribution in [0, 0.1) is 12.8 Å². The quantitative estimate of drug-likeness (QED) is 0.406. The summed E-state index contributed by atoms with van der Waals surface area (Å²) < 4.78 is 30.9. The van der Waals surface area contributed by atoms with Crippen LogP contribution in [0.2, 0.25) is 0 Å². The van der Waals surface area contributed by atoms with Crippen molar-refractivity contribution in [3.05, 3.63) is 52.8 Å². The van der Waals surface area contributed by atoms with Crippen molar-refractivity contribution in [2.75, 3.05) is 44.4 Å². The maximum atomic E-state index is 13.3. The molecule has 1 saturated heterocycles. The molecule has 1 atom stereocenters. The Balaban J connectivity index is 1.22. The number of ether oxygens (including phenoxy) is 1. The van der Waals surface area contributed by atoms with Gasteiger partial charge in [-0.25, -0.2) is 23.2 Å². The van der Waals surface area contributed by atoms with E-state index < -0.39 is 15.9 Å². The number of amides is 2. The Morgan fingerprint density at radius 1 is 1.05 bits per heavy atom. The fraction of sp³-hybridized carbons (Fsp3) is 0.500. The van der Waals surface area contributed by atoms with Crippen LogP contribution in [-0.2, 0) is 21.1 Å². The van der Waals surface area contributed by atoms with Crippen LogP contribution in [0.15, 0.2) is 35.2 Å². The van der Waals surface area contributed by atoms with Crippen LogP contribution >= 0.6 is 0 Å². The van der Waals surface area contributed by atoms with Crippen LogP contribution in [0.25, 0.3) is 10.9 Å². The Hall–Kier alpha value is -3.93. The van der Waals surface area contributed by atoms with Crippen LogP contribution < -0.4 is 10.1 Å². The number of nitrogens with one attached hydrogen (secondary N) is 1. The van der Waals surface area contributed by atoms with Crippen molar-refractivity contribution >= 4 is 38.6 Å². The van der Waals surface area contributed by atoms with Crippen molar-refractivity contribution in [2.24, 2.45) is 5.92 Å². The van der Waals surface area contributed by atoms with Gasteiger partial charge in [0, 0.05) is 43.5 Å². The number of hydrogen-bond donors (Lipinski definition) is 2. The Kier molecular flexibility index (Phi) is 8.12. The van der Waals surface area contributed by atoms with Crippen molar-refractivity contribution < 1.29 is 27.9 Å². The first-order valence-corrected chi connectivity index (χ1v) is 16.9. The third kappa shape index (κ3) is 5.67. The highest BCUT2D eigenvalue weighted by Crippen LogP contribution is 2.43. The van der Waals surface area contributed by atoms with Crippen molar-refractivity contribution in [3.63, 3.8) is 0 Å². The van der Waals surface area contributed by atoms with Gasteiger partial charge in [0.1, 0.15) is 17.4 Å². The normalized spacial score (nSPS) is 22.0. The molecule has 11 nitrogen and oxygen atoms in total. The number of carbonyl (C=O) groups excluding carboxylic acids is 1. The number of rotatable bonds is 6. The third-order valence-corrected chi connectivity index (χ3v) is 11.3. The molecule has 234 valence electrons. The summed E-state index contributed by atoms with van der Waals surface area (Å²) in [6.45, 7) is 5.47. The van der Waals surface area contributed by atoms with Gasteiger partial charge in [0.2, 0.25) is 5.91 Å². The minimum atomic E-state index is -3.24. The van der Waals surface area contributed by atoms with Crippen LogP contribution in [0.4, 0.5) is 10.6 Å². The molecule has 0 spiro atoms. The lowest BCUT2D eigenvalue weighted by molar-refractivity contribution is -0.138. The summed E-state index contributed by atoms with van der Waals surface area (Å²) in [5.74, 6) is 2.48. The zero-order chi connectivity index (χ0) is 31.2. The van der Waals surface area contributed by atoms with Gasteiger partial charge in [-0.3, -0.25) is 4.79 Å². The molecule has 6 rings (SSSR count). The number of aromatic nitrogens is 2. The van der Waals surface area contributed by atoms with Crippen LogP contribution in [-0.4, -0.2) is 84.3 Å². The Morgan fingerprint density at radius 3 is 2.43 bits per heavy atom. The van der Waals surface area contributed by atoms with E-state index in [4.69, 9.17) is 14.7 Å². The molecule has 3 heterocycles. The number of aryl methyl sites for hydroxylation is 1. The summed E-state index contributed by atoms with van der Waals surface area (Å²) in [4.78, 5) is 37.5. The molecule has 2 N–H and O–H groups in total. The second kappa shape index (κ2) is 11.9. The van der Waals surface area contributed by atoms with Gasteiger partial charge < -0.3 is 25.0 Å². The first-order chi connectivity index (χ1) is 21.1. The standard InChI is InChI=1S/C32H39N5O6S/c1-19(23-5-4-6-29-24(23)11-16-44(29,41)42)33-30-26-17-25(28(43-3)18-27(26)34-20(2)35-30)21-7-9-22(10-8-21)31(38)36-12-14-37(15-13-36)32(39)40/h4-6,17-19,21-22H,7-16H2,1-3H3,(H,39,40)(H,33,34,35)/t19-,21?,22?/m1/s1. The fourth-order valence-electron chi connectivity index (χ4n) is 7.10. The molecule has 0 bridgehead atoms. The van der Waals surface area contributed by atoms with E-state index in [0.717, 1.165) is 59.0 Å². The van der Waals surface area contributed by atoms with Crippen molar-refractivity contribution in [1.82, 2.24) is 19.8 Å². The van der Waals surface area contributed by atoms with Gasteiger partial charge in [0.25, 0.3) is 0 Å². The number of benzene rings is 2. The number of piperazine rings is 1. The van der Waals surface area contributed by atoms with Gasteiger partial charge in [-0.1, -0.05) is 12.1 Å². The maximum absolute atomic E-state index is 13.3. The molecule has 3 aliphatic rings. The number of carboxylic acid groups (broad SMARTS) is 1. The van der Waals surface area contributed by atoms with E-state index in [1.807, 2.05) is 30.9 Å². The summed E-state index contributed by atoms with van der Waals surface area (Å²) in [7, 11) is -1.57. The number of fused-ring (bicyclic) bond motifs is 2. The summed E-state index contributed by atoms with van der Waals surface area (Å²) in [5, 5.41) is 13.6. The van der Waals surface area contributed by atoms with E-state index in [-0.39, 0.29) is 29.5 Å². The lowest BCUT2D eigenvalue weighted by Gasteiger charge is -2.37. The van der Waals surface area contributed by atoms with Crippen LogP contribution in [0.1, 0.15) is 67.1 Å². The molecule has 1 aliphatic carbocycles. The maximum Gasteiger partial charge on any atom is 0.407 e. The largest absolute Gasteiger partial charge is 0.496 e. The Morgan fingerprint density at radius 2 is 1.75 bits per heavy atom. The van der Waals surface area contributed by atoms with E-state index in [9.17, 15) is 23.1 Å². The molecule has 0 unspecified atom stereocenters. The number of anilines is 1. The Labute approximate surface area is 257 Å². The predicted molar refractivity (Wildman–Crippen MR) is 166 cm³/mol. The lowest BCUT2D eigenvalue weighted by Crippen LogP contribution is -2.51. The zero-order valence-corrected chi connectivity index (χ0v) is 26.2. The van der Waals surface area contributed by atoms with Crippen molar-refractivity contribution in [1.29, 1.82) is 0 Å². The van der Waals surface area contributed by atoms with Crippen LogP contribution in [0.5, 0.6) is 5.75 Å². The first-order valence-electron chi connectivity index (χ1n) is 15.3. The molecule has 0 radical (unpaired) electrons. The number of nitrogens with zero attached hydrogens (tertiary/aromatic N) is 4. The van der Waals surface area contributed by atoms with Crippen molar-refractivity contribution in [2.45, 2.75) is 62.8 Å². The van der Waals surface area contributed by atoms with E-state index in [0.29, 0.717) is 49.1 Å². The summed E-state index contributed by atoms with van der Waals surface area (Å²) in [6, 6.07) is 9.37. The number of hydrogen-bond acceptors (Lipinski definition) is 8. The predicted octanol–water partition coefficient (Wildman–Crippen LogP) is 4.55. The molecule has 2 aliphatic heterocycles. The summed E-state index contributed by atoms with van der Waals surface area (Å²) in [6.07, 6.45) is 2.77. The molecular weight excluding hydrogens is 582 g/mol. The smallest absolute Gasteiger partial charge is 0.407 e. The number of carbonyl (C=O) groups is 2. The zero-order valence-electron chi connectivity index (χ0n) is 25.4. The highest BCUT2D eigenvalue weighted by atomic mass is 32.2. The monoisotopic (exact) mass is 621 g/mol. The molecule has 12 heteroatoms. The molecule has 2 aromatic carbocycles. The number of methoxy groups -OCH3 is 1. The van der Waals surface area contributed by atoms with E-state index in [2.05, 4.69) is 11.4 Å². The summed E-state index contributed by atoms with van der Waals surface area (Å²) in [5.41, 5.74) is 3.66. The minimum absolute atomic E-state index is 0.0606. The van der Waals surface area contributed by atoms with Gasteiger partial charge in [-0.2, -0.15) is 0 Å². The lowest BCUT2D eigenvalue weighted by atomic mass is 9.77. The average Bonchev–Trinajstić information content (AvgIpc) is 3.34. The molecule has 2 amide bonds. The van der Waals surface area contributed by atoms with Crippen LogP contribution in [0.3, 0.4) is 0 Å². The second-order valence-electron chi connectivity index (χ2n) is 12.1. The summed E-state index contributed by atoms with van der Waals surface area (Å²) >= 11 is 0. The van der Waals surface area contributed by atoms with Gasteiger partial charge >= 0.3 is 6.09 Å². The van der Waals surface area contributed by atoms with Gasteiger partial charge in [-0.15, -0.1) is 0 Å². The average molecular weight is 622 g/mol. The molecule has 1 saturated carbocycles. The molecule has 1 aromatic heterocycles. The van der Waals surface area contributed by atoms with E-state index in [1.54, 1.807) is 19.2 Å². The highest BCUT2D eigenvalue weighted by Gasteiger charge is 2.34. The number of sulfone groups is 1. The van der Waals surface area contributed by atoms with Crippen molar-refractivity contribution in [3.8, 4) is 5.75 Å². The van der Waals surface area contributed by atoms with Gasteiger partial charge in [0.15, 0.2) is 9.84 Å². The van der Waals surface area contributed by atoms with E-state index in [1.165, 1.54) is 4.90 Å². The second-order valence-corrected chi connectivity index (χ2v) is 14.2. The molecule has 2 fully saturated rings. The minimum Gasteiger partial charge on any atom is -0.496 e. The van der Waals surface area contributed by atoms with E-state index >= 15 is 0 Å². The first kappa shape index (κ1) is 30.1. The molecule has 44 heavy (non-hydrogen) atoms. The van der Waals surface area contributed by atoms with Gasteiger partial charge in [-0.05, 0) is 80.7 Å². The fourth-order valence-corrected chi connectivity index (χ4v) is 8.67. The Bertz CT molecular complexity index is 1710. The highest BCUT2D eigenvalue weighted by molar-refractivity contribution is 7.91. The molecule has 3 aromatic rings.